The van der Waals surface area contributed by atoms with Gasteiger partial charge in [0.05, 0.1) is 7.11 Å². The van der Waals surface area contributed by atoms with Crippen molar-refractivity contribution in [2.45, 2.75) is 30.3 Å². The first kappa shape index (κ1) is 16.7. The van der Waals surface area contributed by atoms with Crippen molar-refractivity contribution in [3.05, 3.63) is 59.7 Å². The van der Waals surface area contributed by atoms with Crippen LogP contribution in [0, 0.1) is 0 Å². The van der Waals surface area contributed by atoms with E-state index in [1.54, 1.807) is 37.6 Å². The highest BCUT2D eigenvalue weighted by atomic mass is 32.2. The van der Waals surface area contributed by atoms with Crippen molar-refractivity contribution < 1.29 is 13.7 Å². The predicted molar refractivity (Wildman–Crippen MR) is 94.7 cm³/mol. The molecular formula is C19H21NO3S. The zero-order chi connectivity index (χ0) is 17.1. The van der Waals surface area contributed by atoms with Crippen LogP contribution in [-0.2, 0) is 17.3 Å². The van der Waals surface area contributed by atoms with Crippen molar-refractivity contribution in [1.29, 1.82) is 0 Å². The van der Waals surface area contributed by atoms with E-state index >= 15 is 0 Å². The van der Waals surface area contributed by atoms with E-state index in [9.17, 15) is 9.00 Å². The molecule has 0 bridgehead atoms. The fourth-order valence-corrected chi connectivity index (χ4v) is 3.15. The molecule has 0 aliphatic heterocycles. The number of rotatable bonds is 6. The Morgan fingerprint density at radius 2 is 1.75 bits per heavy atom. The second-order valence-electron chi connectivity index (χ2n) is 5.99. The molecule has 0 spiro atoms. The topological polar surface area (TPSA) is 46.6 Å². The second-order valence-corrected chi connectivity index (χ2v) is 7.37. The molecule has 0 radical (unpaired) electrons. The number of hydrogen-bond acceptors (Lipinski definition) is 3. The standard InChI is InChI=1S/C19H21NO3S/c1-23-17-9-3-14(4-10-17)13-20(16-7-8-16)19(21)15-5-11-18(12-6-15)24(2)22/h3-6,9-12,16H,7-8,13H2,1-2H3. The van der Waals surface area contributed by atoms with E-state index in [4.69, 9.17) is 4.74 Å². The van der Waals surface area contributed by atoms with Crippen LogP contribution in [0.25, 0.3) is 0 Å². The third kappa shape index (κ3) is 3.85. The van der Waals surface area contributed by atoms with Crippen molar-refractivity contribution in [3.63, 3.8) is 0 Å². The molecule has 1 fully saturated rings. The maximum atomic E-state index is 12.9. The highest BCUT2D eigenvalue weighted by molar-refractivity contribution is 7.84. The minimum Gasteiger partial charge on any atom is -0.497 e. The summed E-state index contributed by atoms with van der Waals surface area (Å²) in [5.74, 6) is 0.841. The number of hydrogen-bond donors (Lipinski definition) is 0. The molecule has 3 rings (SSSR count). The van der Waals surface area contributed by atoms with Crippen LogP contribution in [0.1, 0.15) is 28.8 Å². The summed E-state index contributed by atoms with van der Waals surface area (Å²) in [6.07, 6.45) is 3.74. The third-order valence-corrected chi connectivity index (χ3v) is 5.13. The van der Waals surface area contributed by atoms with Crippen LogP contribution >= 0.6 is 0 Å². The summed E-state index contributed by atoms with van der Waals surface area (Å²) in [4.78, 5) is 15.5. The predicted octanol–water partition coefficient (Wildman–Crippen LogP) is 3.24. The van der Waals surface area contributed by atoms with Gasteiger partial charge in [0.15, 0.2) is 0 Å². The van der Waals surface area contributed by atoms with Gasteiger partial charge >= 0.3 is 0 Å². The number of nitrogens with zero attached hydrogens (tertiary/aromatic N) is 1. The zero-order valence-corrected chi connectivity index (χ0v) is 14.7. The lowest BCUT2D eigenvalue weighted by Crippen LogP contribution is -2.32. The maximum absolute atomic E-state index is 12.9. The van der Waals surface area contributed by atoms with Gasteiger partial charge in [0, 0.05) is 40.1 Å². The van der Waals surface area contributed by atoms with Crippen molar-refractivity contribution in [2.75, 3.05) is 13.4 Å². The fraction of sp³-hybridized carbons (Fsp3) is 0.316. The average molecular weight is 343 g/mol. The molecule has 0 saturated heterocycles. The molecule has 24 heavy (non-hydrogen) atoms. The Balaban J connectivity index is 1.77. The van der Waals surface area contributed by atoms with Gasteiger partial charge < -0.3 is 9.64 Å². The van der Waals surface area contributed by atoms with Gasteiger partial charge in [0.1, 0.15) is 5.75 Å². The quantitative estimate of drug-likeness (QED) is 0.809. The van der Waals surface area contributed by atoms with Gasteiger partial charge in [-0.15, -0.1) is 0 Å². The number of amides is 1. The molecule has 0 heterocycles. The summed E-state index contributed by atoms with van der Waals surface area (Å²) in [7, 11) is 0.612. The molecule has 126 valence electrons. The van der Waals surface area contributed by atoms with Crippen molar-refractivity contribution in [2.24, 2.45) is 0 Å². The van der Waals surface area contributed by atoms with Crippen molar-refractivity contribution >= 4 is 16.7 Å². The zero-order valence-electron chi connectivity index (χ0n) is 13.9. The summed E-state index contributed by atoms with van der Waals surface area (Å²) >= 11 is 0. The highest BCUT2D eigenvalue weighted by Crippen LogP contribution is 2.30. The SMILES string of the molecule is COc1ccc(CN(C(=O)c2ccc(S(C)=O)cc2)C2CC2)cc1. The normalized spacial score (nSPS) is 14.9. The molecule has 2 aromatic rings. The van der Waals surface area contributed by atoms with Crippen molar-refractivity contribution in [1.82, 2.24) is 4.90 Å². The van der Waals surface area contributed by atoms with Crippen LogP contribution in [0.15, 0.2) is 53.4 Å². The molecule has 1 saturated carbocycles. The lowest BCUT2D eigenvalue weighted by atomic mass is 10.1. The van der Waals surface area contributed by atoms with Crippen LogP contribution in [0.3, 0.4) is 0 Å². The van der Waals surface area contributed by atoms with E-state index in [0.717, 1.165) is 29.1 Å². The first-order valence-electron chi connectivity index (χ1n) is 7.96. The van der Waals surface area contributed by atoms with E-state index < -0.39 is 10.8 Å². The maximum Gasteiger partial charge on any atom is 0.254 e. The molecule has 0 aromatic heterocycles. The molecule has 1 aliphatic rings. The summed E-state index contributed by atoms with van der Waals surface area (Å²) in [5.41, 5.74) is 1.73. The van der Waals surface area contributed by atoms with Crippen molar-refractivity contribution in [3.8, 4) is 5.75 Å². The van der Waals surface area contributed by atoms with Crippen LogP contribution in [0.2, 0.25) is 0 Å². The molecular weight excluding hydrogens is 322 g/mol. The Morgan fingerprint density at radius 3 is 2.25 bits per heavy atom. The Hall–Kier alpha value is -2.14. The van der Waals surface area contributed by atoms with Gasteiger partial charge in [-0.1, -0.05) is 12.1 Å². The summed E-state index contributed by atoms with van der Waals surface area (Å²) < 4.78 is 16.7. The number of benzene rings is 2. The molecule has 2 aromatic carbocycles. The highest BCUT2D eigenvalue weighted by Gasteiger charge is 2.33. The summed E-state index contributed by atoms with van der Waals surface area (Å²) in [6.45, 7) is 0.592. The molecule has 4 nitrogen and oxygen atoms in total. The second kappa shape index (κ2) is 7.18. The summed E-state index contributed by atoms with van der Waals surface area (Å²) in [6, 6.07) is 15.2. The van der Waals surface area contributed by atoms with Crippen LogP contribution in [0.4, 0.5) is 0 Å². The van der Waals surface area contributed by atoms with E-state index in [1.807, 2.05) is 29.2 Å². The first-order chi connectivity index (χ1) is 11.6. The molecule has 5 heteroatoms. The van der Waals surface area contributed by atoms with E-state index in [1.165, 1.54) is 0 Å². The third-order valence-electron chi connectivity index (χ3n) is 4.19. The molecule has 1 atom stereocenters. The van der Waals surface area contributed by atoms with Crippen LogP contribution < -0.4 is 4.74 Å². The largest absolute Gasteiger partial charge is 0.497 e. The monoisotopic (exact) mass is 343 g/mol. The van der Waals surface area contributed by atoms with E-state index in [-0.39, 0.29) is 5.91 Å². The smallest absolute Gasteiger partial charge is 0.254 e. The van der Waals surface area contributed by atoms with Gasteiger partial charge in [0.25, 0.3) is 5.91 Å². The van der Waals surface area contributed by atoms with E-state index in [2.05, 4.69) is 0 Å². The summed E-state index contributed by atoms with van der Waals surface area (Å²) in [5, 5.41) is 0. The molecule has 1 aliphatic carbocycles. The Bertz CT molecular complexity index is 736. The molecule has 0 N–H and O–H groups in total. The van der Waals surface area contributed by atoms with Gasteiger partial charge in [-0.05, 0) is 54.8 Å². The lowest BCUT2D eigenvalue weighted by molar-refractivity contribution is 0.0730. The number of carbonyl (C=O) groups is 1. The van der Waals surface area contributed by atoms with Gasteiger partial charge in [-0.2, -0.15) is 0 Å². The number of ether oxygens (including phenoxy) is 1. The first-order valence-corrected chi connectivity index (χ1v) is 9.51. The Labute approximate surface area is 144 Å². The van der Waals surface area contributed by atoms with Gasteiger partial charge in [0.2, 0.25) is 0 Å². The molecule has 1 unspecified atom stereocenters. The minimum absolute atomic E-state index is 0.0294. The lowest BCUT2D eigenvalue weighted by Gasteiger charge is -2.23. The number of methoxy groups -OCH3 is 1. The van der Waals surface area contributed by atoms with Crippen LogP contribution in [0.5, 0.6) is 5.75 Å². The Kier molecular flexibility index (Phi) is 5.00. The average Bonchev–Trinajstić information content (AvgIpc) is 3.44. The molecule has 1 amide bonds. The van der Waals surface area contributed by atoms with E-state index in [0.29, 0.717) is 18.2 Å². The number of carbonyl (C=O) groups excluding carboxylic acids is 1. The van der Waals surface area contributed by atoms with Gasteiger partial charge in [-0.3, -0.25) is 9.00 Å². The fourth-order valence-electron chi connectivity index (χ4n) is 2.64. The Morgan fingerprint density at radius 1 is 1.12 bits per heavy atom. The van der Waals surface area contributed by atoms with Gasteiger partial charge in [-0.25, -0.2) is 0 Å². The van der Waals surface area contributed by atoms with Crippen LogP contribution in [-0.4, -0.2) is 34.4 Å². The minimum atomic E-state index is -1.03.